The Bertz CT molecular complexity index is 581. The van der Waals surface area contributed by atoms with Crippen molar-refractivity contribution in [1.82, 2.24) is 14.5 Å². The van der Waals surface area contributed by atoms with Crippen molar-refractivity contribution in [2.75, 3.05) is 40.3 Å². The number of piperazine rings is 1. The van der Waals surface area contributed by atoms with Crippen LogP contribution in [0.25, 0.3) is 0 Å². The normalized spacial score (nSPS) is 20.8. The van der Waals surface area contributed by atoms with E-state index in [1.807, 2.05) is 20.2 Å². The second kappa shape index (κ2) is 6.34. The van der Waals surface area contributed by atoms with Crippen LogP contribution < -0.4 is 5.32 Å². The van der Waals surface area contributed by atoms with Gasteiger partial charge in [0.15, 0.2) is 0 Å². The van der Waals surface area contributed by atoms with Crippen LogP contribution in [-0.2, 0) is 16.4 Å². The highest BCUT2D eigenvalue weighted by Gasteiger charge is 2.37. The Hall–Kier alpha value is -0.470. The maximum Gasteiger partial charge on any atom is 0.252 e. The molecule has 0 unspecified atom stereocenters. The number of hydrogen-bond acceptors (Lipinski definition) is 5. The number of rotatable bonds is 5. The molecule has 1 aliphatic rings. The second-order valence-electron chi connectivity index (χ2n) is 6.15. The van der Waals surface area contributed by atoms with Crippen molar-refractivity contribution in [3.8, 4) is 0 Å². The molecule has 0 radical (unpaired) electrons. The summed E-state index contributed by atoms with van der Waals surface area (Å²) in [5.74, 6) is 0. The average molecular weight is 332 g/mol. The van der Waals surface area contributed by atoms with Crippen LogP contribution in [0.2, 0.25) is 0 Å². The first-order valence-corrected chi connectivity index (χ1v) is 9.48. The lowest BCUT2D eigenvalue weighted by Gasteiger charge is -2.44. The molecule has 1 aromatic heterocycles. The molecule has 1 saturated heterocycles. The second-order valence-corrected chi connectivity index (χ2v) is 9.48. The lowest BCUT2D eigenvalue weighted by molar-refractivity contribution is 0.0802. The Labute approximate surface area is 132 Å². The maximum atomic E-state index is 12.8. The van der Waals surface area contributed by atoms with Gasteiger partial charge in [-0.15, -0.1) is 11.3 Å². The van der Waals surface area contributed by atoms with Gasteiger partial charge in [-0.2, -0.15) is 4.31 Å². The number of thiophene rings is 1. The van der Waals surface area contributed by atoms with Crippen molar-refractivity contribution in [2.24, 2.45) is 0 Å². The van der Waals surface area contributed by atoms with E-state index in [9.17, 15) is 8.42 Å². The summed E-state index contributed by atoms with van der Waals surface area (Å²) in [7, 11) is 0.591. The minimum absolute atomic E-state index is 0.127. The fraction of sp³-hybridized carbons (Fsp3) is 0.714. The predicted octanol–water partition coefficient (Wildman–Crippen LogP) is 1.22. The SMILES string of the molecule is CNCCc1ccc(S(=O)(=O)N2CCN(C)C(C)(C)C2)s1. The van der Waals surface area contributed by atoms with Gasteiger partial charge in [-0.1, -0.05) is 0 Å². The van der Waals surface area contributed by atoms with Gasteiger partial charge in [-0.25, -0.2) is 8.42 Å². The van der Waals surface area contributed by atoms with E-state index < -0.39 is 10.0 Å². The standard InChI is InChI=1S/C14H25N3O2S2/c1-14(2)11-17(10-9-16(14)4)21(18,19)13-6-5-12(20-13)7-8-15-3/h5-6,15H,7-11H2,1-4H3. The molecule has 120 valence electrons. The van der Waals surface area contributed by atoms with Gasteiger partial charge in [0.1, 0.15) is 4.21 Å². The Morgan fingerprint density at radius 3 is 2.67 bits per heavy atom. The van der Waals surface area contributed by atoms with Crippen LogP contribution in [-0.4, -0.2) is 63.4 Å². The zero-order valence-corrected chi connectivity index (χ0v) is 14.9. The molecule has 0 aromatic carbocycles. The minimum Gasteiger partial charge on any atom is -0.319 e. The highest BCUT2D eigenvalue weighted by Crippen LogP contribution is 2.29. The van der Waals surface area contributed by atoms with Gasteiger partial charge >= 0.3 is 0 Å². The van der Waals surface area contributed by atoms with Gasteiger partial charge in [-0.05, 0) is 53.0 Å². The van der Waals surface area contributed by atoms with Crippen molar-refractivity contribution >= 4 is 21.4 Å². The van der Waals surface area contributed by atoms with Gasteiger partial charge in [0.25, 0.3) is 10.0 Å². The van der Waals surface area contributed by atoms with Crippen LogP contribution in [0.5, 0.6) is 0 Å². The van der Waals surface area contributed by atoms with E-state index in [1.54, 1.807) is 10.4 Å². The monoisotopic (exact) mass is 331 g/mol. The van der Waals surface area contributed by atoms with E-state index in [0.717, 1.165) is 24.4 Å². The van der Waals surface area contributed by atoms with Gasteiger partial charge in [0.05, 0.1) is 0 Å². The molecule has 0 spiro atoms. The smallest absolute Gasteiger partial charge is 0.252 e. The largest absolute Gasteiger partial charge is 0.319 e. The van der Waals surface area contributed by atoms with Crippen LogP contribution >= 0.6 is 11.3 Å². The first-order valence-electron chi connectivity index (χ1n) is 7.22. The third kappa shape index (κ3) is 3.65. The van der Waals surface area contributed by atoms with Crippen molar-refractivity contribution in [2.45, 2.75) is 30.0 Å². The summed E-state index contributed by atoms with van der Waals surface area (Å²) in [5.41, 5.74) is -0.127. The predicted molar refractivity (Wildman–Crippen MR) is 87.4 cm³/mol. The summed E-state index contributed by atoms with van der Waals surface area (Å²) in [6, 6.07) is 3.67. The summed E-state index contributed by atoms with van der Waals surface area (Å²) in [5, 5.41) is 3.08. The molecule has 1 fully saturated rings. The number of likely N-dealkylation sites (N-methyl/N-ethyl adjacent to an activating group) is 2. The fourth-order valence-corrected chi connectivity index (χ4v) is 5.50. The molecule has 21 heavy (non-hydrogen) atoms. The van der Waals surface area contributed by atoms with Crippen LogP contribution in [0.4, 0.5) is 0 Å². The molecule has 0 aliphatic carbocycles. The van der Waals surface area contributed by atoms with Crippen LogP contribution in [0, 0.1) is 0 Å². The zero-order valence-electron chi connectivity index (χ0n) is 13.2. The molecule has 0 saturated carbocycles. The average Bonchev–Trinajstić information content (AvgIpc) is 2.88. The molecule has 5 nitrogen and oxygen atoms in total. The van der Waals surface area contributed by atoms with E-state index in [1.165, 1.54) is 11.3 Å². The first-order chi connectivity index (χ1) is 9.77. The minimum atomic E-state index is -3.36. The van der Waals surface area contributed by atoms with E-state index in [2.05, 4.69) is 24.1 Å². The summed E-state index contributed by atoms with van der Waals surface area (Å²) < 4.78 is 27.6. The molecule has 1 N–H and O–H groups in total. The Balaban J connectivity index is 2.16. The first kappa shape index (κ1) is 16.9. The molecule has 0 atom stereocenters. The highest BCUT2D eigenvalue weighted by molar-refractivity contribution is 7.91. The molecular weight excluding hydrogens is 306 g/mol. The summed E-state index contributed by atoms with van der Waals surface area (Å²) >= 11 is 1.39. The van der Waals surface area contributed by atoms with Crippen molar-refractivity contribution in [1.29, 1.82) is 0 Å². The van der Waals surface area contributed by atoms with Crippen LogP contribution in [0.1, 0.15) is 18.7 Å². The zero-order chi connectivity index (χ0) is 15.7. The van der Waals surface area contributed by atoms with E-state index >= 15 is 0 Å². The third-order valence-electron chi connectivity index (χ3n) is 4.13. The summed E-state index contributed by atoms with van der Waals surface area (Å²) in [6.07, 6.45) is 0.866. The molecule has 2 rings (SSSR count). The lowest BCUT2D eigenvalue weighted by Crippen LogP contribution is -2.58. The third-order valence-corrected chi connectivity index (χ3v) is 7.59. The van der Waals surface area contributed by atoms with Gasteiger partial charge in [0, 0.05) is 30.1 Å². The number of sulfonamides is 1. The maximum absolute atomic E-state index is 12.8. The van der Waals surface area contributed by atoms with E-state index in [-0.39, 0.29) is 5.54 Å². The fourth-order valence-electron chi connectivity index (χ4n) is 2.41. The molecular formula is C14H25N3O2S2. The Kier molecular flexibility index (Phi) is 5.10. The van der Waals surface area contributed by atoms with Gasteiger partial charge in [-0.3, -0.25) is 4.90 Å². The van der Waals surface area contributed by atoms with Crippen molar-refractivity contribution < 1.29 is 8.42 Å². The summed E-state index contributed by atoms with van der Waals surface area (Å²) in [6.45, 7) is 6.90. The van der Waals surface area contributed by atoms with Crippen LogP contribution in [0.15, 0.2) is 16.3 Å². The lowest BCUT2D eigenvalue weighted by atomic mass is 10.0. The Morgan fingerprint density at radius 1 is 1.33 bits per heavy atom. The van der Waals surface area contributed by atoms with Crippen molar-refractivity contribution in [3.63, 3.8) is 0 Å². The van der Waals surface area contributed by atoms with Crippen LogP contribution in [0.3, 0.4) is 0 Å². The van der Waals surface area contributed by atoms with Gasteiger partial charge in [0.2, 0.25) is 0 Å². The summed E-state index contributed by atoms with van der Waals surface area (Å²) in [4.78, 5) is 3.32. The topological polar surface area (TPSA) is 52.7 Å². The molecule has 0 amide bonds. The number of hydrogen-bond donors (Lipinski definition) is 1. The quantitative estimate of drug-likeness (QED) is 0.882. The number of nitrogens with one attached hydrogen (secondary N) is 1. The Morgan fingerprint density at radius 2 is 2.05 bits per heavy atom. The molecule has 7 heteroatoms. The molecule has 1 aromatic rings. The van der Waals surface area contributed by atoms with E-state index in [4.69, 9.17) is 0 Å². The number of nitrogens with zero attached hydrogens (tertiary/aromatic N) is 2. The molecule has 0 bridgehead atoms. The molecule has 2 heterocycles. The molecule has 1 aliphatic heterocycles. The van der Waals surface area contributed by atoms with Gasteiger partial charge < -0.3 is 5.32 Å². The van der Waals surface area contributed by atoms with Crippen molar-refractivity contribution in [3.05, 3.63) is 17.0 Å². The van der Waals surface area contributed by atoms with E-state index in [0.29, 0.717) is 17.3 Å². The highest BCUT2D eigenvalue weighted by atomic mass is 32.2.